The van der Waals surface area contributed by atoms with Crippen LogP contribution in [-0.4, -0.2) is 27.9 Å². The second-order valence-corrected chi connectivity index (χ2v) is 8.94. The summed E-state index contributed by atoms with van der Waals surface area (Å²) in [6.45, 7) is 0.576. The number of hydrogen-bond donors (Lipinski definition) is 1. The molecule has 0 atom stereocenters. The monoisotopic (exact) mass is 386 g/mol. The van der Waals surface area contributed by atoms with E-state index in [0.717, 1.165) is 6.42 Å². The van der Waals surface area contributed by atoms with Gasteiger partial charge in [-0.1, -0.05) is 56.0 Å². The molecule has 1 aliphatic rings. The maximum atomic E-state index is 13.1. The summed E-state index contributed by atoms with van der Waals surface area (Å²) >= 11 is 0. The average Bonchev–Trinajstić information content (AvgIpc) is 3.21. The molecule has 1 saturated carbocycles. The molecule has 2 aromatic rings. The number of carbonyl (C=O) groups is 1. The number of sulfonamides is 1. The van der Waals surface area contributed by atoms with Gasteiger partial charge >= 0.3 is 0 Å². The largest absolute Gasteiger partial charge is 0.352 e. The van der Waals surface area contributed by atoms with Crippen LogP contribution < -0.4 is 9.62 Å². The first-order valence-electron chi connectivity index (χ1n) is 9.41. The number of rotatable bonds is 7. The van der Waals surface area contributed by atoms with Gasteiger partial charge in [0, 0.05) is 13.6 Å². The molecule has 6 heteroatoms. The normalized spacial score (nSPS) is 14.9. The van der Waals surface area contributed by atoms with E-state index in [1.54, 1.807) is 42.5 Å². The molecule has 0 spiro atoms. The van der Waals surface area contributed by atoms with Gasteiger partial charge in [-0.25, -0.2) is 8.42 Å². The Morgan fingerprint density at radius 1 is 1.04 bits per heavy atom. The van der Waals surface area contributed by atoms with Crippen LogP contribution in [0.2, 0.25) is 0 Å². The lowest BCUT2D eigenvalue weighted by molar-refractivity contribution is 0.0948. The highest BCUT2D eigenvalue weighted by atomic mass is 32.2. The number of amides is 1. The molecule has 1 fully saturated rings. The van der Waals surface area contributed by atoms with Crippen LogP contribution in [0, 0.1) is 5.92 Å². The first-order valence-corrected chi connectivity index (χ1v) is 10.9. The Hall–Kier alpha value is -2.34. The molecule has 1 amide bonds. The fraction of sp³-hybridized carbons (Fsp3) is 0.381. The summed E-state index contributed by atoms with van der Waals surface area (Å²) < 4.78 is 27.4. The van der Waals surface area contributed by atoms with E-state index in [-0.39, 0.29) is 16.4 Å². The van der Waals surface area contributed by atoms with E-state index in [0.29, 0.717) is 18.2 Å². The molecule has 0 bridgehead atoms. The minimum atomic E-state index is -3.84. The van der Waals surface area contributed by atoms with Crippen LogP contribution in [0.15, 0.2) is 59.5 Å². The van der Waals surface area contributed by atoms with Crippen molar-refractivity contribution in [3.8, 4) is 0 Å². The number of anilines is 1. The van der Waals surface area contributed by atoms with Gasteiger partial charge in [0.25, 0.3) is 15.9 Å². The van der Waals surface area contributed by atoms with Crippen molar-refractivity contribution in [1.82, 2.24) is 5.32 Å². The van der Waals surface area contributed by atoms with Gasteiger partial charge in [0.15, 0.2) is 0 Å². The van der Waals surface area contributed by atoms with Crippen molar-refractivity contribution in [2.45, 2.75) is 37.0 Å². The second kappa shape index (κ2) is 8.57. The van der Waals surface area contributed by atoms with Gasteiger partial charge in [-0.2, -0.15) is 0 Å². The van der Waals surface area contributed by atoms with Crippen LogP contribution in [-0.2, 0) is 10.0 Å². The van der Waals surface area contributed by atoms with Crippen LogP contribution >= 0.6 is 0 Å². The highest BCUT2D eigenvalue weighted by Crippen LogP contribution is 2.27. The third-order valence-corrected chi connectivity index (χ3v) is 7.05. The number of carbonyl (C=O) groups excluding carboxylic acids is 1. The Morgan fingerprint density at radius 3 is 2.37 bits per heavy atom. The molecule has 27 heavy (non-hydrogen) atoms. The molecule has 3 rings (SSSR count). The van der Waals surface area contributed by atoms with Crippen LogP contribution in [0.3, 0.4) is 0 Å². The summed E-state index contributed by atoms with van der Waals surface area (Å²) in [5.74, 6) is 0.335. The zero-order valence-corrected chi connectivity index (χ0v) is 16.4. The molecular formula is C21H26N2O3S. The Labute approximate surface area is 161 Å². The standard InChI is InChI=1S/C21H26N2O3S/c1-23(18-11-3-2-4-12-18)27(25,26)20-14-8-7-13-19(20)21(24)22-16-15-17-9-5-6-10-17/h2-4,7-8,11-14,17H,5-6,9-10,15-16H2,1H3,(H,22,24). The molecule has 1 N–H and O–H groups in total. The third kappa shape index (κ3) is 4.50. The SMILES string of the molecule is CN(c1ccccc1)S(=O)(=O)c1ccccc1C(=O)NCCC1CCCC1. The third-order valence-electron chi connectivity index (χ3n) is 5.20. The molecule has 1 aliphatic carbocycles. The molecule has 2 aromatic carbocycles. The lowest BCUT2D eigenvalue weighted by Gasteiger charge is -2.21. The van der Waals surface area contributed by atoms with Crippen molar-refractivity contribution >= 4 is 21.6 Å². The molecule has 0 unspecified atom stereocenters. The van der Waals surface area contributed by atoms with Crippen molar-refractivity contribution in [3.05, 3.63) is 60.2 Å². The zero-order chi connectivity index (χ0) is 19.3. The molecular weight excluding hydrogens is 360 g/mol. The predicted molar refractivity (Wildman–Crippen MR) is 107 cm³/mol. The van der Waals surface area contributed by atoms with Gasteiger partial charge in [0.1, 0.15) is 4.90 Å². The summed E-state index contributed by atoms with van der Waals surface area (Å²) in [4.78, 5) is 12.7. The Kier molecular flexibility index (Phi) is 6.16. The lowest BCUT2D eigenvalue weighted by atomic mass is 10.0. The number of para-hydroxylation sites is 1. The van der Waals surface area contributed by atoms with E-state index >= 15 is 0 Å². The van der Waals surface area contributed by atoms with Crippen LogP contribution in [0.25, 0.3) is 0 Å². The minimum Gasteiger partial charge on any atom is -0.352 e. The van der Waals surface area contributed by atoms with Gasteiger partial charge in [0.2, 0.25) is 0 Å². The number of benzene rings is 2. The number of nitrogens with zero attached hydrogens (tertiary/aromatic N) is 1. The Morgan fingerprint density at radius 2 is 1.67 bits per heavy atom. The van der Waals surface area contributed by atoms with Crippen molar-refractivity contribution in [3.63, 3.8) is 0 Å². The van der Waals surface area contributed by atoms with E-state index in [4.69, 9.17) is 0 Å². The first kappa shape index (κ1) is 19.4. The second-order valence-electron chi connectivity index (χ2n) is 7.00. The Balaban J connectivity index is 1.77. The summed E-state index contributed by atoms with van der Waals surface area (Å²) in [7, 11) is -2.34. The highest BCUT2D eigenvalue weighted by Gasteiger charge is 2.26. The summed E-state index contributed by atoms with van der Waals surface area (Å²) in [5.41, 5.74) is 0.737. The molecule has 144 valence electrons. The molecule has 0 heterocycles. The topological polar surface area (TPSA) is 66.5 Å². The van der Waals surface area contributed by atoms with Crippen LogP contribution in [0.1, 0.15) is 42.5 Å². The highest BCUT2D eigenvalue weighted by molar-refractivity contribution is 7.92. The van der Waals surface area contributed by atoms with E-state index in [1.165, 1.54) is 43.1 Å². The predicted octanol–water partition coefficient (Wildman–Crippen LogP) is 3.82. The van der Waals surface area contributed by atoms with Crippen LogP contribution in [0.4, 0.5) is 5.69 Å². The van der Waals surface area contributed by atoms with Gasteiger partial charge in [0.05, 0.1) is 11.3 Å². The minimum absolute atomic E-state index is 0.0229. The van der Waals surface area contributed by atoms with Gasteiger partial charge in [-0.05, 0) is 36.6 Å². The molecule has 0 saturated heterocycles. The maximum Gasteiger partial charge on any atom is 0.264 e. The van der Waals surface area contributed by atoms with Crippen molar-refractivity contribution in [1.29, 1.82) is 0 Å². The molecule has 5 nitrogen and oxygen atoms in total. The fourth-order valence-corrected chi connectivity index (χ4v) is 4.97. The first-order chi connectivity index (χ1) is 13.0. The van der Waals surface area contributed by atoms with Crippen LogP contribution in [0.5, 0.6) is 0 Å². The smallest absolute Gasteiger partial charge is 0.264 e. The van der Waals surface area contributed by atoms with Gasteiger partial charge < -0.3 is 5.32 Å². The van der Waals surface area contributed by atoms with E-state index in [1.807, 2.05) is 6.07 Å². The molecule has 0 aromatic heterocycles. The average molecular weight is 387 g/mol. The zero-order valence-electron chi connectivity index (χ0n) is 15.6. The summed E-state index contributed by atoms with van der Waals surface area (Å²) in [5, 5.41) is 2.90. The fourth-order valence-electron chi connectivity index (χ4n) is 3.59. The number of nitrogens with one attached hydrogen (secondary N) is 1. The van der Waals surface area contributed by atoms with Crippen molar-refractivity contribution < 1.29 is 13.2 Å². The van der Waals surface area contributed by atoms with Gasteiger partial charge in [-0.15, -0.1) is 0 Å². The van der Waals surface area contributed by atoms with E-state index in [9.17, 15) is 13.2 Å². The molecule has 0 radical (unpaired) electrons. The lowest BCUT2D eigenvalue weighted by Crippen LogP contribution is -2.31. The maximum absolute atomic E-state index is 13.1. The van der Waals surface area contributed by atoms with Gasteiger partial charge in [-0.3, -0.25) is 9.10 Å². The quantitative estimate of drug-likeness (QED) is 0.787. The Bertz CT molecular complexity index is 875. The molecule has 0 aliphatic heterocycles. The number of hydrogen-bond acceptors (Lipinski definition) is 3. The summed E-state index contributed by atoms with van der Waals surface area (Å²) in [6.07, 6.45) is 5.94. The van der Waals surface area contributed by atoms with Crippen molar-refractivity contribution in [2.24, 2.45) is 5.92 Å². The summed E-state index contributed by atoms with van der Waals surface area (Å²) in [6, 6.07) is 15.2. The van der Waals surface area contributed by atoms with Crippen molar-refractivity contribution in [2.75, 3.05) is 17.9 Å². The van der Waals surface area contributed by atoms with E-state index in [2.05, 4.69) is 5.32 Å². The van der Waals surface area contributed by atoms with E-state index < -0.39 is 10.0 Å².